The van der Waals surface area contributed by atoms with E-state index < -0.39 is 44.6 Å². The normalized spacial score (nSPS) is 21.3. The van der Waals surface area contributed by atoms with Crippen molar-refractivity contribution < 1.29 is 26.7 Å². The molecule has 0 spiro atoms. The fraction of sp³-hybridized carbons (Fsp3) is 0.524. The number of primary amides is 1. The number of nitrogens with two attached hydrogens (primary N) is 1. The van der Waals surface area contributed by atoms with E-state index in [0.717, 1.165) is 12.8 Å². The van der Waals surface area contributed by atoms with Gasteiger partial charge in [0.1, 0.15) is 10.6 Å². The van der Waals surface area contributed by atoms with Crippen molar-refractivity contribution in [2.75, 3.05) is 18.0 Å². The number of halogens is 2. The predicted molar refractivity (Wildman–Crippen MR) is 127 cm³/mol. The molecule has 1 saturated heterocycles. The number of alkyl halides is 2. The maximum atomic E-state index is 13.3. The van der Waals surface area contributed by atoms with Crippen LogP contribution in [0.1, 0.15) is 45.0 Å². The minimum Gasteiger partial charge on any atom is -0.367 e. The number of sulfonamides is 1. The van der Waals surface area contributed by atoms with E-state index in [-0.39, 0.29) is 16.4 Å². The summed E-state index contributed by atoms with van der Waals surface area (Å²) >= 11 is 0.699. The SMILES string of the molecule is CC1(NS(=O)(=O)c2cc(N3C[C@@H](C(N)=O)OC(C)(C)C3)c3ncc(-c4nnc(C(F)F)s4)n3c2)CC1. The maximum Gasteiger partial charge on any atom is 0.291 e. The zero-order chi connectivity index (χ0) is 26.0. The number of fused-ring (bicyclic) bond motifs is 1. The van der Waals surface area contributed by atoms with Gasteiger partial charge in [-0.15, -0.1) is 10.2 Å². The van der Waals surface area contributed by atoms with Crippen molar-refractivity contribution in [1.82, 2.24) is 24.3 Å². The molecule has 1 saturated carbocycles. The van der Waals surface area contributed by atoms with Crippen molar-refractivity contribution in [3.05, 3.63) is 23.5 Å². The fourth-order valence-corrected chi connectivity index (χ4v) is 6.39. The highest BCUT2D eigenvalue weighted by Gasteiger charge is 2.42. The lowest BCUT2D eigenvalue weighted by atomic mass is 10.0. The van der Waals surface area contributed by atoms with E-state index in [1.54, 1.807) is 18.7 Å². The monoisotopic (exact) mass is 541 g/mol. The summed E-state index contributed by atoms with van der Waals surface area (Å²) in [5.41, 5.74) is 5.33. The van der Waals surface area contributed by atoms with Crippen molar-refractivity contribution in [3.63, 3.8) is 0 Å². The van der Waals surface area contributed by atoms with Gasteiger partial charge in [-0.2, -0.15) is 0 Å². The van der Waals surface area contributed by atoms with Crippen LogP contribution < -0.4 is 15.4 Å². The maximum absolute atomic E-state index is 13.3. The van der Waals surface area contributed by atoms with E-state index in [1.165, 1.54) is 22.9 Å². The van der Waals surface area contributed by atoms with Gasteiger partial charge in [-0.1, -0.05) is 11.3 Å². The van der Waals surface area contributed by atoms with Gasteiger partial charge < -0.3 is 15.4 Å². The van der Waals surface area contributed by atoms with Crippen LogP contribution in [0.2, 0.25) is 0 Å². The van der Waals surface area contributed by atoms with E-state index in [0.29, 0.717) is 34.9 Å². The number of rotatable bonds is 7. The van der Waals surface area contributed by atoms with E-state index in [9.17, 15) is 22.0 Å². The number of aromatic nitrogens is 4. The Morgan fingerprint density at radius 1 is 1.31 bits per heavy atom. The Labute approximate surface area is 209 Å². The second-order valence-electron chi connectivity index (χ2n) is 9.96. The number of morpholine rings is 1. The average Bonchev–Trinajstić information content (AvgIpc) is 3.16. The van der Waals surface area contributed by atoms with E-state index >= 15 is 0 Å². The largest absolute Gasteiger partial charge is 0.367 e. The highest BCUT2D eigenvalue weighted by atomic mass is 32.2. The number of hydrogen-bond donors (Lipinski definition) is 2. The molecule has 1 aliphatic carbocycles. The number of nitrogens with zero attached hydrogens (tertiary/aromatic N) is 5. The highest BCUT2D eigenvalue weighted by Crippen LogP contribution is 2.38. The smallest absolute Gasteiger partial charge is 0.291 e. The topological polar surface area (TPSA) is 145 Å². The molecule has 3 aromatic rings. The Morgan fingerprint density at radius 2 is 2.03 bits per heavy atom. The van der Waals surface area contributed by atoms with Gasteiger partial charge in [0.2, 0.25) is 15.9 Å². The van der Waals surface area contributed by atoms with Crippen molar-refractivity contribution in [2.24, 2.45) is 5.73 Å². The molecule has 0 unspecified atom stereocenters. The van der Waals surface area contributed by atoms with Gasteiger partial charge in [0, 0.05) is 18.3 Å². The molecule has 15 heteroatoms. The predicted octanol–water partition coefficient (Wildman–Crippen LogP) is 2.09. The third kappa shape index (κ3) is 4.67. The molecule has 1 aliphatic heterocycles. The second-order valence-corrected chi connectivity index (χ2v) is 12.7. The molecule has 1 amide bonds. The molecular weight excluding hydrogens is 516 g/mol. The molecule has 194 valence electrons. The number of imidazole rings is 1. The Bertz CT molecular complexity index is 1450. The minimum absolute atomic E-state index is 0.0455. The van der Waals surface area contributed by atoms with Gasteiger partial charge in [0.25, 0.3) is 6.43 Å². The average molecular weight is 542 g/mol. The lowest BCUT2D eigenvalue weighted by molar-refractivity contribution is -0.143. The molecule has 11 nitrogen and oxygen atoms in total. The highest BCUT2D eigenvalue weighted by molar-refractivity contribution is 7.89. The van der Waals surface area contributed by atoms with Crippen molar-refractivity contribution in [3.8, 4) is 10.7 Å². The quantitative estimate of drug-likeness (QED) is 0.463. The fourth-order valence-electron chi connectivity index (χ4n) is 4.20. The molecule has 3 aromatic heterocycles. The molecule has 3 N–H and O–H groups in total. The van der Waals surface area contributed by atoms with Crippen LogP contribution in [0.25, 0.3) is 16.3 Å². The zero-order valence-electron chi connectivity index (χ0n) is 19.7. The first-order valence-corrected chi connectivity index (χ1v) is 13.5. The number of hydrogen-bond acceptors (Lipinski definition) is 9. The third-order valence-corrected chi connectivity index (χ3v) is 8.73. The van der Waals surface area contributed by atoms with Crippen LogP contribution in [0.3, 0.4) is 0 Å². The Hall–Kier alpha value is -2.75. The summed E-state index contributed by atoms with van der Waals surface area (Å²) in [7, 11) is -3.95. The molecule has 2 aliphatic rings. The summed E-state index contributed by atoms with van der Waals surface area (Å²) in [6.07, 6.45) is 0.539. The number of pyridine rings is 1. The lowest BCUT2D eigenvalue weighted by Crippen LogP contribution is -2.56. The first-order valence-electron chi connectivity index (χ1n) is 11.2. The number of nitrogens with one attached hydrogen (secondary N) is 1. The van der Waals surface area contributed by atoms with Crippen LogP contribution in [0, 0.1) is 0 Å². The Balaban J connectivity index is 1.68. The van der Waals surface area contributed by atoms with Gasteiger partial charge in [-0.3, -0.25) is 9.20 Å². The van der Waals surface area contributed by atoms with Crippen LogP contribution in [-0.2, 0) is 19.6 Å². The van der Waals surface area contributed by atoms with Gasteiger partial charge in [-0.05, 0) is 39.7 Å². The van der Waals surface area contributed by atoms with Crippen molar-refractivity contribution >= 4 is 38.6 Å². The number of carbonyl (C=O) groups excluding carboxylic acids is 1. The molecule has 0 aromatic carbocycles. The molecule has 1 atom stereocenters. The summed E-state index contributed by atoms with van der Waals surface area (Å²) < 4.78 is 63.0. The number of ether oxygens (including phenoxy) is 1. The van der Waals surface area contributed by atoms with Crippen LogP contribution in [0.15, 0.2) is 23.4 Å². The summed E-state index contributed by atoms with van der Waals surface area (Å²) in [5, 5.41) is 7.11. The lowest BCUT2D eigenvalue weighted by Gasteiger charge is -2.42. The first kappa shape index (κ1) is 24.9. The summed E-state index contributed by atoms with van der Waals surface area (Å²) in [6, 6.07) is 1.49. The minimum atomic E-state index is -3.95. The molecule has 2 fully saturated rings. The van der Waals surface area contributed by atoms with E-state index in [1.807, 2.05) is 6.92 Å². The zero-order valence-corrected chi connectivity index (χ0v) is 21.4. The van der Waals surface area contributed by atoms with E-state index in [2.05, 4.69) is 19.9 Å². The van der Waals surface area contributed by atoms with Crippen molar-refractivity contribution in [1.29, 1.82) is 0 Å². The summed E-state index contributed by atoms with van der Waals surface area (Å²) in [5.74, 6) is -0.645. The number of carbonyl (C=O) groups is 1. The molecule has 0 bridgehead atoms. The number of anilines is 1. The molecule has 0 radical (unpaired) electrons. The molecular formula is C21H25F2N7O4S2. The van der Waals surface area contributed by atoms with Crippen LogP contribution in [0.5, 0.6) is 0 Å². The molecule has 5 rings (SSSR count). The first-order chi connectivity index (χ1) is 16.8. The van der Waals surface area contributed by atoms with Gasteiger partial charge >= 0.3 is 0 Å². The van der Waals surface area contributed by atoms with Crippen LogP contribution >= 0.6 is 11.3 Å². The molecule has 36 heavy (non-hydrogen) atoms. The standard InChI is InChI=1S/C21H25F2N7O4S2/c1-20(2)10-29(9-14(34-20)16(24)31)12-6-11(36(32,33)28-21(3)4-5-21)8-30-13(7-25-17(12)30)18-26-27-19(35-18)15(22)23/h6-8,14-15,28H,4-5,9-10H2,1-3H3,(H2,24,31)/t14-/m0/s1. The second kappa shape index (κ2) is 8.39. The summed E-state index contributed by atoms with van der Waals surface area (Å²) in [4.78, 5) is 18.2. The van der Waals surface area contributed by atoms with Gasteiger partial charge in [0.05, 0.1) is 24.0 Å². The summed E-state index contributed by atoms with van der Waals surface area (Å²) in [6.45, 7) is 5.82. The molecule has 4 heterocycles. The van der Waals surface area contributed by atoms with Crippen LogP contribution in [0.4, 0.5) is 14.5 Å². The van der Waals surface area contributed by atoms with Crippen molar-refractivity contribution in [2.45, 2.75) is 62.2 Å². The van der Waals surface area contributed by atoms with Crippen LogP contribution in [-0.4, -0.2) is 64.2 Å². The van der Waals surface area contributed by atoms with Gasteiger partial charge in [0.15, 0.2) is 21.8 Å². The number of amides is 1. The van der Waals surface area contributed by atoms with Gasteiger partial charge in [-0.25, -0.2) is 26.9 Å². The Kier molecular flexibility index (Phi) is 5.81. The third-order valence-electron chi connectivity index (χ3n) is 6.18. The Morgan fingerprint density at radius 3 is 2.64 bits per heavy atom. The van der Waals surface area contributed by atoms with E-state index in [4.69, 9.17) is 10.5 Å².